The summed E-state index contributed by atoms with van der Waals surface area (Å²) in [5.74, 6) is 2.27. The van der Waals surface area contributed by atoms with Gasteiger partial charge in [0.25, 0.3) is 0 Å². The summed E-state index contributed by atoms with van der Waals surface area (Å²) in [7, 11) is 0. The van der Waals surface area contributed by atoms with E-state index in [0.29, 0.717) is 18.9 Å². The van der Waals surface area contributed by atoms with Gasteiger partial charge in [-0.25, -0.2) is 4.99 Å². The van der Waals surface area contributed by atoms with Gasteiger partial charge in [0.05, 0.1) is 13.2 Å². The van der Waals surface area contributed by atoms with Crippen LogP contribution in [-0.4, -0.2) is 44.0 Å². The molecule has 0 radical (unpaired) electrons. The van der Waals surface area contributed by atoms with Crippen molar-refractivity contribution in [3.05, 3.63) is 23.8 Å². The Hall–Kier alpha value is -1.22. The fourth-order valence-electron chi connectivity index (χ4n) is 2.36. The number of hydrogen-bond acceptors (Lipinski definition) is 4. The summed E-state index contributed by atoms with van der Waals surface area (Å²) in [6.07, 6.45) is 3.63. The Balaban J connectivity index is 0.00000338. The van der Waals surface area contributed by atoms with Crippen molar-refractivity contribution in [2.24, 2.45) is 10.9 Å². The molecule has 1 fully saturated rings. The summed E-state index contributed by atoms with van der Waals surface area (Å²) in [6.45, 7) is 8.33. The average Bonchev–Trinajstić information content (AvgIpc) is 3.42. The molecule has 2 rings (SSSR count). The van der Waals surface area contributed by atoms with Gasteiger partial charge < -0.3 is 25.2 Å². The highest BCUT2D eigenvalue weighted by Crippen LogP contribution is 2.28. The zero-order chi connectivity index (χ0) is 17.9. The van der Waals surface area contributed by atoms with Crippen LogP contribution in [0.2, 0.25) is 0 Å². The molecular formula is C19H32IN3O3. The van der Waals surface area contributed by atoms with E-state index in [-0.39, 0.29) is 29.7 Å². The van der Waals surface area contributed by atoms with Crippen LogP contribution in [-0.2, 0) is 11.3 Å². The molecule has 1 aliphatic carbocycles. The summed E-state index contributed by atoms with van der Waals surface area (Å²) in [4.78, 5) is 4.59. The van der Waals surface area contributed by atoms with Crippen LogP contribution >= 0.6 is 24.0 Å². The van der Waals surface area contributed by atoms with Gasteiger partial charge in [-0.2, -0.15) is 0 Å². The van der Waals surface area contributed by atoms with Gasteiger partial charge in [0.15, 0.2) is 17.5 Å². The second kappa shape index (κ2) is 13.0. The van der Waals surface area contributed by atoms with Gasteiger partial charge in [-0.05, 0) is 56.7 Å². The van der Waals surface area contributed by atoms with Crippen molar-refractivity contribution in [2.75, 3.05) is 32.9 Å². The number of aliphatic imine (C=N–C) groups is 1. The van der Waals surface area contributed by atoms with Crippen LogP contribution in [0.25, 0.3) is 0 Å². The molecule has 1 aliphatic rings. The molecule has 0 atom stereocenters. The third-order valence-electron chi connectivity index (χ3n) is 3.90. The van der Waals surface area contributed by atoms with E-state index >= 15 is 0 Å². The number of rotatable bonds is 11. The molecule has 1 saturated carbocycles. The summed E-state index contributed by atoms with van der Waals surface area (Å²) >= 11 is 0. The lowest BCUT2D eigenvalue weighted by Crippen LogP contribution is -2.38. The van der Waals surface area contributed by atoms with Crippen molar-refractivity contribution in [2.45, 2.75) is 39.7 Å². The second-order valence-corrected chi connectivity index (χ2v) is 6.23. The molecule has 3 N–H and O–H groups in total. The lowest BCUT2D eigenvalue weighted by Gasteiger charge is -2.12. The number of phenols is 1. The quantitative estimate of drug-likeness (QED) is 0.198. The largest absolute Gasteiger partial charge is 0.504 e. The van der Waals surface area contributed by atoms with Crippen molar-refractivity contribution in [1.82, 2.24) is 10.6 Å². The fourth-order valence-corrected chi connectivity index (χ4v) is 2.36. The molecule has 0 aromatic heterocycles. The molecule has 26 heavy (non-hydrogen) atoms. The lowest BCUT2D eigenvalue weighted by atomic mass is 10.2. The van der Waals surface area contributed by atoms with Gasteiger partial charge in [0, 0.05) is 26.3 Å². The third-order valence-corrected chi connectivity index (χ3v) is 3.90. The molecular weight excluding hydrogens is 445 g/mol. The number of benzene rings is 1. The van der Waals surface area contributed by atoms with Gasteiger partial charge >= 0.3 is 0 Å². The zero-order valence-electron chi connectivity index (χ0n) is 15.8. The Labute approximate surface area is 173 Å². The van der Waals surface area contributed by atoms with Gasteiger partial charge in [-0.1, -0.05) is 6.07 Å². The molecule has 0 saturated heterocycles. The first-order valence-electron chi connectivity index (χ1n) is 9.27. The summed E-state index contributed by atoms with van der Waals surface area (Å²) in [5, 5.41) is 16.3. The fraction of sp³-hybridized carbons (Fsp3) is 0.632. The Morgan fingerprint density at radius 3 is 2.77 bits per heavy atom. The van der Waals surface area contributed by atoms with Crippen molar-refractivity contribution in [3.8, 4) is 11.5 Å². The highest BCUT2D eigenvalue weighted by Gasteiger charge is 2.20. The molecule has 0 amide bonds. The minimum absolute atomic E-state index is 0. The molecule has 0 unspecified atom stereocenters. The minimum Gasteiger partial charge on any atom is -0.504 e. The Morgan fingerprint density at radius 2 is 2.08 bits per heavy atom. The van der Waals surface area contributed by atoms with Crippen LogP contribution in [0.5, 0.6) is 11.5 Å². The van der Waals surface area contributed by atoms with Gasteiger partial charge in [-0.3, -0.25) is 0 Å². The molecule has 1 aromatic carbocycles. The van der Waals surface area contributed by atoms with Crippen LogP contribution < -0.4 is 15.4 Å². The first-order valence-corrected chi connectivity index (χ1v) is 9.27. The topological polar surface area (TPSA) is 75.1 Å². The van der Waals surface area contributed by atoms with E-state index in [0.717, 1.165) is 50.2 Å². The summed E-state index contributed by atoms with van der Waals surface area (Å²) in [6, 6.07) is 5.33. The molecule has 0 aliphatic heterocycles. The van der Waals surface area contributed by atoms with E-state index in [1.54, 1.807) is 6.07 Å². The number of nitrogens with zero attached hydrogens (tertiary/aromatic N) is 1. The average molecular weight is 477 g/mol. The number of ether oxygens (including phenoxy) is 2. The predicted octanol–water partition coefficient (Wildman–Crippen LogP) is 3.28. The summed E-state index contributed by atoms with van der Waals surface area (Å²) in [5.41, 5.74) is 0.992. The van der Waals surface area contributed by atoms with Crippen LogP contribution in [0, 0.1) is 5.92 Å². The van der Waals surface area contributed by atoms with E-state index in [9.17, 15) is 5.11 Å². The summed E-state index contributed by atoms with van der Waals surface area (Å²) < 4.78 is 11.0. The number of hydrogen-bond donors (Lipinski definition) is 3. The van der Waals surface area contributed by atoms with Gasteiger partial charge in [0.1, 0.15) is 0 Å². The zero-order valence-corrected chi connectivity index (χ0v) is 18.1. The first-order chi connectivity index (χ1) is 12.2. The smallest absolute Gasteiger partial charge is 0.191 e. The standard InChI is InChI=1S/C19H31N3O3.HI/c1-3-20-19(21-10-5-11-24-14-15-6-7-15)22-13-16-8-9-17(23)18(12-16)25-4-2;/h8-9,12,15,23H,3-7,10-11,13-14H2,1-2H3,(H2,20,21,22);1H. The van der Waals surface area contributed by atoms with Crippen molar-refractivity contribution in [1.29, 1.82) is 0 Å². The van der Waals surface area contributed by atoms with Crippen molar-refractivity contribution in [3.63, 3.8) is 0 Å². The van der Waals surface area contributed by atoms with E-state index in [1.165, 1.54) is 12.8 Å². The SMILES string of the molecule is CCNC(=NCc1ccc(O)c(OCC)c1)NCCCOCC1CC1.I. The van der Waals surface area contributed by atoms with Crippen molar-refractivity contribution < 1.29 is 14.6 Å². The molecule has 148 valence electrons. The molecule has 1 aromatic rings. The highest BCUT2D eigenvalue weighted by molar-refractivity contribution is 14.0. The van der Waals surface area contributed by atoms with E-state index in [1.807, 2.05) is 26.0 Å². The molecule has 0 spiro atoms. The maximum absolute atomic E-state index is 9.76. The number of halogens is 1. The number of phenolic OH excluding ortho intramolecular Hbond substituents is 1. The normalized spacial score (nSPS) is 13.8. The molecule has 0 bridgehead atoms. The number of aromatic hydroxyl groups is 1. The number of nitrogens with one attached hydrogen (secondary N) is 2. The maximum Gasteiger partial charge on any atom is 0.191 e. The predicted molar refractivity (Wildman–Crippen MR) is 116 cm³/mol. The van der Waals surface area contributed by atoms with E-state index in [2.05, 4.69) is 15.6 Å². The third kappa shape index (κ3) is 8.93. The number of guanidine groups is 1. The Bertz CT molecular complexity index is 551. The van der Waals surface area contributed by atoms with Crippen LogP contribution in [0.4, 0.5) is 0 Å². The van der Waals surface area contributed by atoms with Gasteiger partial charge in [-0.15, -0.1) is 24.0 Å². The Kier molecular flexibility index (Phi) is 11.4. The maximum atomic E-state index is 9.76. The monoisotopic (exact) mass is 477 g/mol. The van der Waals surface area contributed by atoms with Crippen LogP contribution in [0.1, 0.15) is 38.7 Å². The van der Waals surface area contributed by atoms with Crippen molar-refractivity contribution >= 4 is 29.9 Å². The second-order valence-electron chi connectivity index (χ2n) is 6.23. The molecule has 6 nitrogen and oxygen atoms in total. The van der Waals surface area contributed by atoms with Crippen LogP contribution in [0.3, 0.4) is 0 Å². The Morgan fingerprint density at radius 1 is 1.27 bits per heavy atom. The minimum atomic E-state index is 0. The first kappa shape index (κ1) is 22.8. The highest BCUT2D eigenvalue weighted by atomic mass is 127. The molecule has 7 heteroatoms. The molecule has 0 heterocycles. The van der Waals surface area contributed by atoms with E-state index < -0.39 is 0 Å². The van der Waals surface area contributed by atoms with E-state index in [4.69, 9.17) is 9.47 Å². The van der Waals surface area contributed by atoms with Gasteiger partial charge in [0.2, 0.25) is 0 Å². The van der Waals surface area contributed by atoms with Crippen LogP contribution in [0.15, 0.2) is 23.2 Å². The lowest BCUT2D eigenvalue weighted by molar-refractivity contribution is 0.123.